The number of benzene rings is 2. The van der Waals surface area contributed by atoms with Gasteiger partial charge < -0.3 is 9.47 Å². The summed E-state index contributed by atoms with van der Waals surface area (Å²) < 4.78 is 10.3. The van der Waals surface area contributed by atoms with Crippen molar-refractivity contribution in [3.63, 3.8) is 0 Å². The van der Waals surface area contributed by atoms with Crippen molar-refractivity contribution in [2.75, 3.05) is 14.2 Å². The lowest BCUT2D eigenvalue weighted by molar-refractivity contribution is 0.414. The maximum atomic E-state index is 5.14. The van der Waals surface area contributed by atoms with Gasteiger partial charge in [0.25, 0.3) is 0 Å². The first kappa shape index (κ1) is 16.7. The van der Waals surface area contributed by atoms with Crippen LogP contribution < -0.4 is 9.47 Å². The first-order chi connectivity index (χ1) is 12.3. The zero-order valence-corrected chi connectivity index (χ0v) is 14.8. The van der Waals surface area contributed by atoms with Crippen LogP contribution in [-0.4, -0.2) is 14.2 Å². The number of hydrogen-bond acceptors (Lipinski definition) is 3. The number of hydrogen-bond donors (Lipinski definition) is 0. The summed E-state index contributed by atoms with van der Waals surface area (Å²) in [5, 5.41) is 0. The number of thiophene rings is 1. The Morgan fingerprint density at radius 1 is 0.560 bits per heavy atom. The van der Waals surface area contributed by atoms with Crippen molar-refractivity contribution >= 4 is 11.3 Å². The monoisotopic (exact) mass is 344 g/mol. The van der Waals surface area contributed by atoms with Crippen LogP contribution in [0.25, 0.3) is 0 Å². The Balaban J connectivity index is 1.70. The average molecular weight is 344 g/mol. The minimum Gasteiger partial charge on any atom is -0.497 e. The highest BCUT2D eigenvalue weighted by Crippen LogP contribution is 2.16. The second-order valence-corrected chi connectivity index (χ2v) is 6.20. The third-order valence-corrected chi connectivity index (χ3v) is 4.36. The fourth-order valence-corrected chi connectivity index (χ4v) is 2.80. The van der Waals surface area contributed by atoms with Crippen LogP contribution in [-0.2, 0) is 0 Å². The minimum atomic E-state index is 0.831. The molecule has 0 amide bonds. The molecular weight excluding hydrogens is 328 g/mol. The molecule has 3 heteroatoms. The summed E-state index contributed by atoms with van der Waals surface area (Å²) in [7, 11) is 3.31. The van der Waals surface area contributed by atoms with E-state index in [1.54, 1.807) is 25.6 Å². The van der Waals surface area contributed by atoms with E-state index in [-0.39, 0.29) is 0 Å². The molecule has 0 atom stereocenters. The van der Waals surface area contributed by atoms with Crippen LogP contribution in [0.1, 0.15) is 20.9 Å². The van der Waals surface area contributed by atoms with Gasteiger partial charge in [0.05, 0.1) is 24.0 Å². The highest BCUT2D eigenvalue weighted by molar-refractivity contribution is 7.13. The lowest BCUT2D eigenvalue weighted by atomic mass is 10.2. The Morgan fingerprint density at radius 2 is 0.960 bits per heavy atom. The molecule has 0 aliphatic carbocycles. The third kappa shape index (κ3) is 4.67. The second-order valence-electron chi connectivity index (χ2n) is 5.12. The van der Waals surface area contributed by atoms with Crippen LogP contribution in [0.15, 0.2) is 60.7 Å². The average Bonchev–Trinajstić information content (AvgIpc) is 3.13. The predicted molar refractivity (Wildman–Crippen MR) is 102 cm³/mol. The van der Waals surface area contributed by atoms with Crippen molar-refractivity contribution in [1.82, 2.24) is 0 Å². The standard InChI is InChI=1S/C22H16O2S/c1-23-19-9-3-17(4-10-19)7-13-21-15-16-22(25-21)14-8-18-5-11-20(24-2)12-6-18/h3-6,9-12,15-16H,1-2H3. The van der Waals surface area contributed by atoms with Gasteiger partial charge in [-0.05, 0) is 60.7 Å². The third-order valence-electron chi connectivity index (χ3n) is 3.45. The van der Waals surface area contributed by atoms with E-state index in [9.17, 15) is 0 Å². The zero-order valence-electron chi connectivity index (χ0n) is 14.0. The highest BCUT2D eigenvalue weighted by Gasteiger charge is 1.95. The fraction of sp³-hybridized carbons (Fsp3) is 0.0909. The molecular formula is C22H16O2S. The van der Waals surface area contributed by atoms with E-state index in [2.05, 4.69) is 23.7 Å². The van der Waals surface area contributed by atoms with Gasteiger partial charge in [0.2, 0.25) is 0 Å². The van der Waals surface area contributed by atoms with Crippen molar-refractivity contribution in [1.29, 1.82) is 0 Å². The van der Waals surface area contributed by atoms with Crippen molar-refractivity contribution < 1.29 is 9.47 Å². The molecule has 25 heavy (non-hydrogen) atoms. The molecule has 1 aromatic heterocycles. The first-order valence-corrected chi connectivity index (χ1v) is 8.50. The van der Waals surface area contributed by atoms with Gasteiger partial charge >= 0.3 is 0 Å². The topological polar surface area (TPSA) is 18.5 Å². The van der Waals surface area contributed by atoms with Crippen LogP contribution in [0, 0.1) is 23.7 Å². The Labute approximate surface area is 152 Å². The molecule has 3 rings (SSSR count). The molecule has 1 heterocycles. The maximum absolute atomic E-state index is 5.14. The molecule has 0 unspecified atom stereocenters. The molecule has 3 aromatic rings. The Hall–Kier alpha value is -3.14. The van der Waals surface area contributed by atoms with Gasteiger partial charge in [-0.1, -0.05) is 23.7 Å². The summed E-state index contributed by atoms with van der Waals surface area (Å²) in [5.41, 5.74) is 1.92. The van der Waals surface area contributed by atoms with E-state index in [4.69, 9.17) is 9.47 Å². The quantitative estimate of drug-likeness (QED) is 0.634. The van der Waals surface area contributed by atoms with Gasteiger partial charge in [-0.3, -0.25) is 0 Å². The minimum absolute atomic E-state index is 0.831. The number of rotatable bonds is 2. The predicted octanol–water partition coefficient (Wildman–Crippen LogP) is 4.56. The van der Waals surface area contributed by atoms with Crippen LogP contribution in [0.5, 0.6) is 11.5 Å². The maximum Gasteiger partial charge on any atom is 0.118 e. The Bertz CT molecular complexity index is 879. The molecule has 0 saturated heterocycles. The molecule has 2 nitrogen and oxygen atoms in total. The lowest BCUT2D eigenvalue weighted by Crippen LogP contribution is -1.81. The van der Waals surface area contributed by atoms with Crippen LogP contribution >= 0.6 is 11.3 Å². The van der Waals surface area contributed by atoms with Crippen LogP contribution in [0.3, 0.4) is 0 Å². The molecule has 0 fully saturated rings. The van der Waals surface area contributed by atoms with Crippen LogP contribution in [0.4, 0.5) is 0 Å². The SMILES string of the molecule is COc1ccc(C#Cc2ccc(C#Cc3ccc(OC)cc3)s2)cc1. The van der Waals surface area contributed by atoms with Crippen molar-refractivity contribution in [3.8, 4) is 35.2 Å². The van der Waals surface area contributed by atoms with E-state index >= 15 is 0 Å². The van der Waals surface area contributed by atoms with Crippen molar-refractivity contribution in [2.24, 2.45) is 0 Å². The van der Waals surface area contributed by atoms with E-state index in [1.807, 2.05) is 60.7 Å². The number of ether oxygens (including phenoxy) is 2. The normalized spacial score (nSPS) is 9.36. The first-order valence-electron chi connectivity index (χ1n) is 7.69. The van der Waals surface area contributed by atoms with E-state index in [0.29, 0.717) is 0 Å². The molecule has 0 aliphatic rings. The molecule has 122 valence electrons. The van der Waals surface area contributed by atoms with E-state index in [0.717, 1.165) is 32.4 Å². The van der Waals surface area contributed by atoms with Crippen molar-refractivity contribution in [3.05, 3.63) is 81.5 Å². The number of methoxy groups -OCH3 is 2. The summed E-state index contributed by atoms with van der Waals surface area (Å²) in [4.78, 5) is 1.99. The summed E-state index contributed by atoms with van der Waals surface area (Å²) in [6.45, 7) is 0. The van der Waals surface area contributed by atoms with E-state index < -0.39 is 0 Å². The summed E-state index contributed by atoms with van der Waals surface area (Å²) in [5.74, 6) is 14.3. The molecule has 2 aromatic carbocycles. The molecule has 0 spiro atoms. The molecule has 0 aliphatic heterocycles. The van der Waals surface area contributed by atoms with Gasteiger partial charge in [0, 0.05) is 11.1 Å². The van der Waals surface area contributed by atoms with Gasteiger partial charge in [0.1, 0.15) is 11.5 Å². The highest BCUT2D eigenvalue weighted by atomic mass is 32.1. The van der Waals surface area contributed by atoms with E-state index in [1.165, 1.54) is 0 Å². The summed E-state index contributed by atoms with van der Waals surface area (Å²) in [6.07, 6.45) is 0. The lowest BCUT2D eigenvalue weighted by Gasteiger charge is -1.97. The Kier molecular flexibility index (Phi) is 5.42. The zero-order chi connectivity index (χ0) is 17.5. The fourth-order valence-electron chi connectivity index (χ4n) is 2.09. The van der Waals surface area contributed by atoms with Gasteiger partial charge in [-0.2, -0.15) is 0 Å². The van der Waals surface area contributed by atoms with Crippen LogP contribution in [0.2, 0.25) is 0 Å². The molecule has 0 N–H and O–H groups in total. The molecule has 0 bridgehead atoms. The largest absolute Gasteiger partial charge is 0.497 e. The summed E-state index contributed by atoms with van der Waals surface area (Å²) in [6, 6.07) is 19.4. The summed E-state index contributed by atoms with van der Waals surface area (Å²) >= 11 is 1.59. The van der Waals surface area contributed by atoms with Gasteiger partial charge in [-0.15, -0.1) is 11.3 Å². The second kappa shape index (κ2) is 8.11. The molecule has 0 radical (unpaired) electrons. The van der Waals surface area contributed by atoms with Gasteiger partial charge in [-0.25, -0.2) is 0 Å². The van der Waals surface area contributed by atoms with Gasteiger partial charge in [0.15, 0.2) is 0 Å². The molecule has 0 saturated carbocycles. The Morgan fingerprint density at radius 3 is 1.32 bits per heavy atom. The smallest absolute Gasteiger partial charge is 0.118 e. The van der Waals surface area contributed by atoms with Crippen molar-refractivity contribution in [2.45, 2.75) is 0 Å².